The molecule has 6 aromatic rings. The van der Waals surface area contributed by atoms with Gasteiger partial charge in [-0.2, -0.15) is 0 Å². The SMILES string of the molecule is Cn1cc(NC(=O)[C@@H](N)Cc2ccc(O)cc2)nc1C(=O)N[C@@H](Cc1c[nH]cn1)C(=O)N[C@@H](CCCNC(=N)N)C(=O)NCC(=O)NCC(=O)NCC(=O)NCCCC[C@H](NC(=O)CNC(=O)CNC(=O)CNC(=O)[C@H](CCCNC(=N)N)NC(=O)[C@H](Cc1c[nH]cn1)NC(=O)c1nc(NC(=O)[C@@H](N)Cc2ccc(O)cc2)cn1C)C(=O)NCC(=O)NCC(=O)NCC(N)=O. The average molecular weight is 1820 g/mol. The number of guanidine groups is 2. The van der Waals surface area contributed by atoms with Gasteiger partial charge in [0.2, 0.25) is 106 Å². The number of aromatic hydroxyl groups is 2. The molecule has 0 aliphatic rings. The van der Waals surface area contributed by atoms with Crippen molar-refractivity contribution in [2.24, 2.45) is 42.8 Å². The van der Waals surface area contributed by atoms with Crippen LogP contribution in [-0.2, 0) is 116 Å². The van der Waals surface area contributed by atoms with Crippen molar-refractivity contribution in [1.82, 2.24) is 129 Å². The summed E-state index contributed by atoms with van der Waals surface area (Å²) in [5, 5.41) is 80.2. The Kier molecular flexibility index (Phi) is 42.0. The first-order valence-corrected chi connectivity index (χ1v) is 40.2. The van der Waals surface area contributed by atoms with E-state index in [1.54, 1.807) is 24.3 Å². The predicted molar refractivity (Wildman–Crippen MR) is 458 cm³/mol. The number of primary amides is 1. The molecule has 0 fully saturated rings. The lowest BCUT2D eigenvalue weighted by molar-refractivity contribution is -0.132. The number of phenols is 2. The Morgan fingerprint density at radius 2 is 0.692 bits per heavy atom. The number of phenolic OH excluding ortho intramolecular Hbond substituents is 2. The Balaban J connectivity index is 0.954. The first kappa shape index (κ1) is 103. The lowest BCUT2D eigenvalue weighted by Crippen LogP contribution is -2.55. The van der Waals surface area contributed by atoms with Crippen molar-refractivity contribution in [3.05, 3.63) is 120 Å². The van der Waals surface area contributed by atoms with Crippen molar-refractivity contribution in [2.45, 2.75) is 113 Å². The molecule has 0 radical (unpaired) electrons. The van der Waals surface area contributed by atoms with Crippen LogP contribution in [-0.4, -0.2) is 288 Å². The molecule has 18 amide bonds. The maximum Gasteiger partial charge on any atom is 0.288 e. The quantitative estimate of drug-likeness (QED) is 0.00958. The largest absolute Gasteiger partial charge is 0.508 e. The zero-order valence-corrected chi connectivity index (χ0v) is 70.7. The number of nitrogens with zero attached hydrogens (tertiary/aromatic N) is 6. The lowest BCUT2D eigenvalue weighted by Gasteiger charge is -2.23. The number of H-pyrrole nitrogens is 2. The fourth-order valence-corrected chi connectivity index (χ4v) is 11.7. The normalized spacial score (nSPS) is 12.3. The minimum absolute atomic E-state index is 0.0209. The number of rotatable bonds is 55. The van der Waals surface area contributed by atoms with Crippen LogP contribution in [0.5, 0.6) is 11.5 Å². The molecule has 54 heteroatoms. The van der Waals surface area contributed by atoms with Gasteiger partial charge in [0.15, 0.2) is 23.6 Å². The summed E-state index contributed by atoms with van der Waals surface area (Å²) in [6, 6.07) is 2.93. The summed E-state index contributed by atoms with van der Waals surface area (Å²) in [4.78, 5) is 259. The molecule has 0 bridgehead atoms. The number of amides is 18. The molecule has 0 spiro atoms. The van der Waals surface area contributed by atoms with E-state index in [1.807, 2.05) is 0 Å². The number of unbranched alkanes of at least 4 members (excludes halogenated alkanes) is 1. The number of hydrogen-bond acceptors (Lipinski definition) is 28. The van der Waals surface area contributed by atoms with Crippen molar-refractivity contribution in [3.63, 3.8) is 0 Å². The second-order valence-corrected chi connectivity index (χ2v) is 29.0. The van der Waals surface area contributed by atoms with E-state index < -0.39 is 213 Å². The van der Waals surface area contributed by atoms with Gasteiger partial charge >= 0.3 is 0 Å². The van der Waals surface area contributed by atoms with Gasteiger partial charge in [0, 0.05) is 71.4 Å². The Morgan fingerprint density at radius 1 is 0.369 bits per heavy atom. The zero-order valence-electron chi connectivity index (χ0n) is 70.7. The zero-order chi connectivity index (χ0) is 95.4. The fraction of sp³-hybridized carbons (Fsp3) is 0.421. The number of aromatic amines is 2. The van der Waals surface area contributed by atoms with E-state index in [0.29, 0.717) is 22.5 Å². The molecule has 54 nitrogen and oxygen atoms in total. The molecule has 4 aromatic heterocycles. The molecule has 2 aromatic carbocycles. The van der Waals surface area contributed by atoms with Gasteiger partial charge in [0.25, 0.3) is 11.8 Å². The van der Waals surface area contributed by atoms with Gasteiger partial charge in [0.1, 0.15) is 41.7 Å². The summed E-state index contributed by atoms with van der Waals surface area (Å²) in [5.41, 5.74) is 30.1. The Hall–Kier alpha value is -16.2. The minimum Gasteiger partial charge on any atom is -0.508 e. The summed E-state index contributed by atoms with van der Waals surface area (Å²) < 4.78 is 2.55. The van der Waals surface area contributed by atoms with Crippen molar-refractivity contribution >= 4 is 130 Å². The molecule has 0 aliphatic carbocycles. The Morgan fingerprint density at radius 3 is 1.04 bits per heavy atom. The average Bonchev–Trinajstić information content (AvgIpc) is 1.69. The van der Waals surface area contributed by atoms with Crippen molar-refractivity contribution in [3.8, 4) is 11.5 Å². The second-order valence-electron chi connectivity index (χ2n) is 29.0. The van der Waals surface area contributed by atoms with Crippen LogP contribution in [0, 0.1) is 10.8 Å². The summed E-state index contributed by atoms with van der Waals surface area (Å²) in [7, 11) is 2.90. The number of anilines is 2. The van der Waals surface area contributed by atoms with E-state index in [0.717, 1.165) is 0 Å². The molecule has 7 atom stereocenters. The number of carbonyl (C=O) groups excluding carboxylic acids is 18. The van der Waals surface area contributed by atoms with Crippen LogP contribution in [0.4, 0.5) is 11.6 Å². The van der Waals surface area contributed by atoms with Crippen molar-refractivity contribution in [2.75, 3.05) is 89.2 Å². The molecule has 4 heterocycles. The Labute approximate surface area is 740 Å². The lowest BCUT2D eigenvalue weighted by atomic mass is 10.1. The Bertz CT molecular complexity index is 4940. The molecule has 35 N–H and O–H groups in total. The van der Waals surface area contributed by atoms with E-state index in [2.05, 4.69) is 131 Å². The van der Waals surface area contributed by atoms with E-state index in [1.165, 1.54) is 84.9 Å². The van der Waals surface area contributed by atoms with E-state index in [4.69, 9.17) is 39.5 Å². The second kappa shape index (κ2) is 53.2. The summed E-state index contributed by atoms with van der Waals surface area (Å²) >= 11 is 0. The number of imidazole rings is 4. The van der Waals surface area contributed by atoms with Crippen LogP contribution in [0.25, 0.3) is 0 Å². The first-order valence-electron chi connectivity index (χ1n) is 40.2. The van der Waals surface area contributed by atoms with Gasteiger partial charge in [-0.1, -0.05) is 24.3 Å². The van der Waals surface area contributed by atoms with E-state index >= 15 is 0 Å². The number of aryl methyl sites for hydroxylation is 2. The molecule has 130 heavy (non-hydrogen) atoms. The van der Waals surface area contributed by atoms with Crippen molar-refractivity contribution in [1.29, 1.82) is 10.8 Å². The smallest absolute Gasteiger partial charge is 0.288 e. The monoisotopic (exact) mass is 1820 g/mol. The molecule has 0 saturated carbocycles. The number of nitrogens with one attached hydrogen (secondary N) is 23. The third-order valence-corrected chi connectivity index (χ3v) is 18.4. The molecule has 0 aliphatic heterocycles. The highest BCUT2D eigenvalue weighted by molar-refractivity contribution is 6.01. The van der Waals surface area contributed by atoms with Crippen molar-refractivity contribution < 1.29 is 96.5 Å². The van der Waals surface area contributed by atoms with Crippen LogP contribution < -0.4 is 130 Å². The molecule has 0 unspecified atom stereocenters. The van der Waals surface area contributed by atoms with Crippen LogP contribution in [0.3, 0.4) is 0 Å². The molecule has 6 rings (SSSR count). The van der Waals surface area contributed by atoms with E-state index in [-0.39, 0.29) is 131 Å². The van der Waals surface area contributed by atoms with E-state index in [9.17, 15) is 96.5 Å². The summed E-state index contributed by atoms with van der Waals surface area (Å²) in [6.07, 6.45) is 8.02. The highest BCUT2D eigenvalue weighted by atomic mass is 16.3. The highest BCUT2D eigenvalue weighted by Crippen LogP contribution is 2.17. The first-order chi connectivity index (χ1) is 61.9. The maximum absolute atomic E-state index is 14.1. The number of benzene rings is 2. The standard InChI is InChI=1S/C76H108N34O20/c1-109-36-54(107-66(122)46(77)21-40-10-14-44(111)15-11-40)105-64(109)73(129)103-51(23-42-25-84-38-98-42)71(127)101-49(8-5-19-87-75(80)81)69(125)96-33-61(119)92-30-58(116)90-28-56(114)86-18-4-3-7-48(68(124)95-32-60(118)91-29-57(115)89-27-53(79)113)100-63(121)35-94-59(117)31-93-62(120)34-97-70(126)50(9-6-20-88-76(82)83)102-72(128)52(24-43-26-85-39-99-43)104-74(130)65-106-55(37-110(65)2)108-67(123)47(78)22-41-12-16-45(112)17-13-41/h10-17,25-26,36-39,46-52,111-112H,3-9,18-24,27-35,77-78H2,1-2H3,(H2,79,113)(H,84,98)(H,85,99)(H,86,114)(H,89,115)(H,90,116)(H,91,118)(H,92,119)(H,93,120)(H,94,117)(H,95,124)(H,96,125)(H,97,126)(H,100,121)(H,101,127)(H,102,128)(H,103,129)(H,104,130)(H,107,122)(H,108,123)(H4,80,81,87)(H4,82,83,88)/t46-,47-,48-,49-,50-,51-,52-/m0/s1. The van der Waals surface area contributed by atoms with Gasteiger partial charge in [0.05, 0.1) is 95.0 Å². The fourth-order valence-electron chi connectivity index (χ4n) is 11.7. The highest BCUT2D eigenvalue weighted by Gasteiger charge is 2.33. The minimum atomic E-state index is -1.44. The van der Waals surface area contributed by atoms with Gasteiger partial charge in [-0.3, -0.25) is 97.1 Å². The van der Waals surface area contributed by atoms with Gasteiger partial charge < -0.3 is 159 Å². The van der Waals surface area contributed by atoms with Crippen LogP contribution in [0.2, 0.25) is 0 Å². The molecule has 0 saturated heterocycles. The predicted octanol–water partition coefficient (Wildman–Crippen LogP) is -11.8. The number of carbonyl (C=O) groups is 18. The third-order valence-electron chi connectivity index (χ3n) is 18.4. The van der Waals surface area contributed by atoms with Gasteiger partial charge in [-0.05, 0) is 93.2 Å². The van der Waals surface area contributed by atoms with Crippen LogP contribution in [0.1, 0.15) is 88.7 Å². The topological polar surface area (TPSA) is 847 Å². The van der Waals surface area contributed by atoms with Crippen LogP contribution >= 0.6 is 0 Å². The summed E-state index contributed by atoms with van der Waals surface area (Å²) in [6.45, 7) is -6.18. The molecular weight excluding hydrogens is 1710 g/mol. The number of nitrogens with two attached hydrogens (primary N) is 5. The molecule has 702 valence electrons. The van der Waals surface area contributed by atoms with Gasteiger partial charge in [-0.25, -0.2) is 19.9 Å². The maximum atomic E-state index is 14.1. The number of aromatic nitrogens is 8. The van der Waals surface area contributed by atoms with Crippen LogP contribution in [0.15, 0.2) is 86.0 Å². The third kappa shape index (κ3) is 38.5. The molecular formula is C76H108N34O20. The van der Waals surface area contributed by atoms with Gasteiger partial charge in [-0.15, -0.1) is 0 Å². The summed E-state index contributed by atoms with van der Waals surface area (Å²) in [5.74, 6) is -16.8. The number of hydrogen-bond donors (Lipinski definition) is 30.